The van der Waals surface area contributed by atoms with Crippen molar-refractivity contribution in [3.8, 4) is 5.69 Å². The molecule has 9 heteroatoms. The third-order valence-corrected chi connectivity index (χ3v) is 4.74. The van der Waals surface area contributed by atoms with Crippen LogP contribution in [-0.4, -0.2) is 37.1 Å². The van der Waals surface area contributed by atoms with Crippen molar-refractivity contribution in [1.82, 2.24) is 20.2 Å². The van der Waals surface area contributed by atoms with E-state index in [4.69, 9.17) is 0 Å². The number of benzene rings is 2. The third kappa shape index (κ3) is 4.56. The fourth-order valence-electron chi connectivity index (χ4n) is 2.27. The molecule has 3 aromatic rings. The van der Waals surface area contributed by atoms with Gasteiger partial charge in [-0.15, -0.1) is 5.10 Å². The smallest absolute Gasteiger partial charge is 0.237 e. The van der Waals surface area contributed by atoms with E-state index < -0.39 is 11.1 Å². The van der Waals surface area contributed by atoms with Gasteiger partial charge in [0.1, 0.15) is 5.82 Å². The summed E-state index contributed by atoms with van der Waals surface area (Å²) in [5.74, 6) is -0.691. The van der Waals surface area contributed by atoms with Crippen molar-refractivity contribution in [3.05, 3.63) is 59.9 Å². The number of ketones is 1. The minimum absolute atomic E-state index is 0.0408. The van der Waals surface area contributed by atoms with Gasteiger partial charge in [-0.25, -0.2) is 4.39 Å². The Hall–Kier alpha value is -3.07. The average Bonchev–Trinajstić information content (AvgIpc) is 3.10. The molecule has 1 N–H and O–H groups in total. The lowest BCUT2D eigenvalue weighted by Gasteiger charge is -2.12. The summed E-state index contributed by atoms with van der Waals surface area (Å²) in [4.78, 5) is 23.7. The van der Waals surface area contributed by atoms with Crippen LogP contribution in [0.5, 0.6) is 0 Å². The molecule has 2 aromatic carbocycles. The normalized spacial score (nSPS) is 11.8. The number of rotatable bonds is 6. The van der Waals surface area contributed by atoms with Gasteiger partial charge in [0.15, 0.2) is 5.78 Å². The highest BCUT2D eigenvalue weighted by Crippen LogP contribution is 2.24. The molecule has 0 aliphatic heterocycles. The lowest BCUT2D eigenvalue weighted by atomic mass is 10.1. The first-order chi connectivity index (χ1) is 12.9. The van der Waals surface area contributed by atoms with E-state index in [0.717, 1.165) is 11.8 Å². The summed E-state index contributed by atoms with van der Waals surface area (Å²) in [6, 6.07) is 12.5. The lowest BCUT2D eigenvalue weighted by molar-refractivity contribution is -0.115. The second kappa shape index (κ2) is 8.09. The van der Waals surface area contributed by atoms with Crippen LogP contribution in [-0.2, 0) is 4.79 Å². The number of hydrogen-bond donors (Lipinski definition) is 1. The maximum Gasteiger partial charge on any atom is 0.237 e. The molecular weight excluding hydrogens is 369 g/mol. The van der Waals surface area contributed by atoms with Gasteiger partial charge in [0.2, 0.25) is 11.1 Å². The number of nitrogens with zero attached hydrogens (tertiary/aromatic N) is 4. The van der Waals surface area contributed by atoms with E-state index in [1.165, 1.54) is 23.7 Å². The van der Waals surface area contributed by atoms with Gasteiger partial charge in [0.05, 0.1) is 10.9 Å². The van der Waals surface area contributed by atoms with E-state index in [-0.39, 0.29) is 11.7 Å². The number of tetrazole rings is 1. The summed E-state index contributed by atoms with van der Waals surface area (Å²) in [6.07, 6.45) is 0. The monoisotopic (exact) mass is 385 g/mol. The number of nitrogens with one attached hydrogen (secondary N) is 1. The van der Waals surface area contributed by atoms with Crippen molar-refractivity contribution >= 4 is 29.1 Å². The molecule has 0 aliphatic rings. The maximum atomic E-state index is 13.4. The zero-order valence-electron chi connectivity index (χ0n) is 14.6. The van der Waals surface area contributed by atoms with E-state index >= 15 is 0 Å². The number of amides is 1. The standard InChI is InChI=1S/C18H16FN5O2S/c1-11(25)13-6-8-15(9-7-13)20-17(26)12(2)27-18-21-22-23-24(18)16-5-3-4-14(19)10-16/h3-10,12H,1-2H3,(H,20,26)/t12-/m1/s1. The summed E-state index contributed by atoms with van der Waals surface area (Å²) in [6.45, 7) is 3.20. The van der Waals surface area contributed by atoms with E-state index in [1.807, 2.05) is 0 Å². The number of hydrogen-bond acceptors (Lipinski definition) is 6. The van der Waals surface area contributed by atoms with Gasteiger partial charge < -0.3 is 5.32 Å². The highest BCUT2D eigenvalue weighted by molar-refractivity contribution is 8.00. The molecule has 0 spiro atoms. The van der Waals surface area contributed by atoms with Crippen LogP contribution in [0.1, 0.15) is 24.2 Å². The molecule has 1 aromatic heterocycles. The summed E-state index contributed by atoms with van der Waals surface area (Å²) in [5, 5.41) is 14.0. The van der Waals surface area contributed by atoms with Crippen LogP contribution in [0.4, 0.5) is 10.1 Å². The summed E-state index contributed by atoms with van der Waals surface area (Å²) < 4.78 is 14.8. The topological polar surface area (TPSA) is 89.8 Å². The molecule has 0 saturated carbocycles. The number of carbonyl (C=O) groups is 2. The number of Topliss-reactive ketones (excluding diaryl/α,β-unsaturated/α-hetero) is 1. The molecule has 0 aliphatic carbocycles. The zero-order valence-corrected chi connectivity index (χ0v) is 15.4. The van der Waals surface area contributed by atoms with Crippen LogP contribution in [0.15, 0.2) is 53.7 Å². The maximum absolute atomic E-state index is 13.4. The number of thioether (sulfide) groups is 1. The van der Waals surface area contributed by atoms with Crippen LogP contribution >= 0.6 is 11.8 Å². The third-order valence-electron chi connectivity index (χ3n) is 3.70. The molecule has 0 fully saturated rings. The molecule has 27 heavy (non-hydrogen) atoms. The van der Waals surface area contributed by atoms with E-state index in [1.54, 1.807) is 43.3 Å². The number of anilines is 1. The Labute approximate surface area is 159 Å². The van der Waals surface area contributed by atoms with Gasteiger partial charge in [0.25, 0.3) is 0 Å². The van der Waals surface area contributed by atoms with Gasteiger partial charge in [-0.05, 0) is 66.7 Å². The number of halogens is 1. The molecule has 138 valence electrons. The molecule has 0 saturated heterocycles. The Kier molecular flexibility index (Phi) is 5.60. The second-order valence-corrected chi connectivity index (χ2v) is 7.04. The van der Waals surface area contributed by atoms with Crippen LogP contribution in [0.25, 0.3) is 5.69 Å². The fraction of sp³-hybridized carbons (Fsp3) is 0.167. The van der Waals surface area contributed by atoms with Gasteiger partial charge in [-0.1, -0.05) is 17.8 Å². The Morgan fingerprint density at radius 1 is 1.19 bits per heavy atom. The largest absolute Gasteiger partial charge is 0.325 e. The molecule has 1 amide bonds. The predicted octanol–water partition coefficient (Wildman–Crippen LogP) is 3.12. The highest BCUT2D eigenvalue weighted by atomic mass is 32.2. The predicted molar refractivity (Wildman–Crippen MR) is 99.5 cm³/mol. The van der Waals surface area contributed by atoms with Crippen molar-refractivity contribution < 1.29 is 14.0 Å². The first-order valence-corrected chi connectivity index (χ1v) is 8.95. The van der Waals surface area contributed by atoms with Crippen LogP contribution in [0, 0.1) is 5.82 Å². The Bertz CT molecular complexity index is 974. The van der Waals surface area contributed by atoms with Crippen molar-refractivity contribution in [3.63, 3.8) is 0 Å². The molecule has 7 nitrogen and oxygen atoms in total. The summed E-state index contributed by atoms with van der Waals surface area (Å²) >= 11 is 1.15. The highest BCUT2D eigenvalue weighted by Gasteiger charge is 2.19. The van der Waals surface area contributed by atoms with Crippen molar-refractivity contribution in [1.29, 1.82) is 0 Å². The Morgan fingerprint density at radius 2 is 1.93 bits per heavy atom. The first kappa shape index (κ1) is 18.7. The van der Waals surface area contributed by atoms with Crippen molar-refractivity contribution in [2.24, 2.45) is 0 Å². The molecule has 3 rings (SSSR count). The second-order valence-electron chi connectivity index (χ2n) is 5.74. The lowest BCUT2D eigenvalue weighted by Crippen LogP contribution is -2.23. The van der Waals surface area contributed by atoms with Gasteiger partial charge >= 0.3 is 0 Å². The molecular formula is C18H16FN5O2S. The van der Waals surface area contributed by atoms with Crippen molar-refractivity contribution in [2.45, 2.75) is 24.3 Å². The minimum Gasteiger partial charge on any atom is -0.325 e. The van der Waals surface area contributed by atoms with Gasteiger partial charge in [-0.2, -0.15) is 4.68 Å². The zero-order chi connectivity index (χ0) is 19.4. The van der Waals surface area contributed by atoms with Crippen LogP contribution in [0.2, 0.25) is 0 Å². The molecule has 0 radical (unpaired) electrons. The summed E-state index contributed by atoms with van der Waals surface area (Å²) in [7, 11) is 0. The fourth-order valence-corrected chi connectivity index (χ4v) is 3.07. The Morgan fingerprint density at radius 3 is 2.59 bits per heavy atom. The van der Waals surface area contributed by atoms with Crippen LogP contribution in [0.3, 0.4) is 0 Å². The number of aromatic nitrogens is 4. The van der Waals surface area contributed by atoms with Gasteiger partial charge in [0, 0.05) is 11.3 Å². The number of carbonyl (C=O) groups excluding carboxylic acids is 2. The van der Waals surface area contributed by atoms with E-state index in [9.17, 15) is 14.0 Å². The van der Waals surface area contributed by atoms with Crippen molar-refractivity contribution in [2.75, 3.05) is 5.32 Å². The van der Waals surface area contributed by atoms with E-state index in [0.29, 0.717) is 22.1 Å². The quantitative estimate of drug-likeness (QED) is 0.518. The molecule has 0 bridgehead atoms. The SMILES string of the molecule is CC(=O)c1ccc(NC(=O)[C@@H](C)Sc2nnnn2-c2cccc(F)c2)cc1. The molecule has 1 heterocycles. The minimum atomic E-state index is -0.504. The van der Waals surface area contributed by atoms with Gasteiger partial charge in [-0.3, -0.25) is 9.59 Å². The Balaban J connectivity index is 1.69. The molecule has 0 unspecified atom stereocenters. The molecule has 1 atom stereocenters. The van der Waals surface area contributed by atoms with E-state index in [2.05, 4.69) is 20.8 Å². The first-order valence-electron chi connectivity index (χ1n) is 8.07. The average molecular weight is 385 g/mol. The van der Waals surface area contributed by atoms with Crippen LogP contribution < -0.4 is 5.32 Å². The summed E-state index contributed by atoms with van der Waals surface area (Å²) in [5.41, 5.74) is 1.63.